The van der Waals surface area contributed by atoms with Gasteiger partial charge in [0.25, 0.3) is 0 Å². The second kappa shape index (κ2) is 6.74. The van der Waals surface area contributed by atoms with Crippen LogP contribution in [0.5, 0.6) is 0 Å². The smallest absolute Gasteiger partial charge is 0.172 e. The average Bonchev–Trinajstić information content (AvgIpc) is 2.26. The van der Waals surface area contributed by atoms with Gasteiger partial charge >= 0.3 is 0 Å². The van der Waals surface area contributed by atoms with Crippen LogP contribution in [0, 0.1) is 0 Å². The monoisotopic (exact) mass is 236 g/mol. The highest BCUT2D eigenvalue weighted by Crippen LogP contribution is 2.14. The summed E-state index contributed by atoms with van der Waals surface area (Å²) in [6.45, 7) is 6.39. The zero-order valence-electron chi connectivity index (χ0n) is 10.3. The lowest BCUT2D eigenvalue weighted by atomic mass is 10.1. The summed E-state index contributed by atoms with van der Waals surface area (Å²) >= 11 is 1.70. The quantitative estimate of drug-likeness (QED) is 0.695. The van der Waals surface area contributed by atoms with Crippen LogP contribution in [0.3, 0.4) is 0 Å². The largest absolute Gasteiger partial charge is 0.293 e. The normalized spacial score (nSPS) is 10.8. The standard InChI is InChI=1S/C14H20OS/c1-4-6-12-7-5-8-13(9-12)14(15)10-16-11(2)3/h5,7-9,11H,4,6,10H2,1-3H3. The molecule has 0 amide bonds. The van der Waals surface area contributed by atoms with E-state index >= 15 is 0 Å². The first-order chi connectivity index (χ1) is 7.63. The van der Waals surface area contributed by atoms with Gasteiger partial charge in [-0.2, -0.15) is 11.8 Å². The Morgan fingerprint density at radius 1 is 1.38 bits per heavy atom. The molecule has 1 rings (SSSR count). The molecule has 88 valence electrons. The third-order valence-electron chi connectivity index (χ3n) is 2.34. The van der Waals surface area contributed by atoms with Crippen molar-refractivity contribution in [2.75, 3.05) is 5.75 Å². The molecule has 0 N–H and O–H groups in total. The van der Waals surface area contributed by atoms with Crippen LogP contribution in [0.25, 0.3) is 0 Å². The Bertz CT molecular complexity index is 344. The van der Waals surface area contributed by atoms with E-state index in [2.05, 4.69) is 26.8 Å². The van der Waals surface area contributed by atoms with Crippen LogP contribution in [0.2, 0.25) is 0 Å². The number of benzene rings is 1. The van der Waals surface area contributed by atoms with Gasteiger partial charge in [0.15, 0.2) is 5.78 Å². The summed E-state index contributed by atoms with van der Waals surface area (Å²) in [7, 11) is 0. The first-order valence-corrected chi connectivity index (χ1v) is 6.92. The molecule has 0 atom stereocenters. The van der Waals surface area contributed by atoms with Crippen LogP contribution in [0.4, 0.5) is 0 Å². The van der Waals surface area contributed by atoms with E-state index in [1.165, 1.54) is 5.56 Å². The van der Waals surface area contributed by atoms with Gasteiger partial charge in [-0.25, -0.2) is 0 Å². The molecule has 0 aliphatic heterocycles. The fourth-order valence-corrected chi connectivity index (χ4v) is 2.17. The minimum atomic E-state index is 0.247. The molecule has 0 aliphatic carbocycles. The Kier molecular flexibility index (Phi) is 5.61. The number of thioether (sulfide) groups is 1. The highest BCUT2D eigenvalue weighted by atomic mass is 32.2. The molecule has 0 spiro atoms. The van der Waals surface area contributed by atoms with Gasteiger partial charge in [-0.1, -0.05) is 45.4 Å². The van der Waals surface area contributed by atoms with Crippen molar-refractivity contribution in [3.05, 3.63) is 35.4 Å². The lowest BCUT2D eigenvalue weighted by Gasteiger charge is -2.05. The molecule has 0 aliphatic rings. The number of hydrogen-bond donors (Lipinski definition) is 0. The Balaban J connectivity index is 2.64. The number of aryl methyl sites for hydroxylation is 1. The zero-order valence-corrected chi connectivity index (χ0v) is 11.1. The minimum Gasteiger partial charge on any atom is -0.293 e. The maximum Gasteiger partial charge on any atom is 0.172 e. The van der Waals surface area contributed by atoms with Gasteiger partial charge in [0, 0.05) is 5.56 Å². The highest BCUT2D eigenvalue weighted by Gasteiger charge is 2.07. The van der Waals surface area contributed by atoms with Crippen molar-refractivity contribution in [1.29, 1.82) is 0 Å². The molecule has 0 bridgehead atoms. The molecule has 0 aromatic heterocycles. The minimum absolute atomic E-state index is 0.247. The Labute approximate surface area is 103 Å². The summed E-state index contributed by atoms with van der Waals surface area (Å²) in [4.78, 5) is 11.9. The molecule has 0 heterocycles. The van der Waals surface area contributed by atoms with E-state index in [0.717, 1.165) is 18.4 Å². The highest BCUT2D eigenvalue weighted by molar-refractivity contribution is 8.00. The van der Waals surface area contributed by atoms with E-state index in [1.807, 2.05) is 18.2 Å². The number of Topliss-reactive ketones (excluding diaryl/α,β-unsaturated/α-hetero) is 1. The van der Waals surface area contributed by atoms with Crippen molar-refractivity contribution in [3.8, 4) is 0 Å². The molecule has 2 heteroatoms. The second-order valence-corrected chi connectivity index (χ2v) is 5.80. The Morgan fingerprint density at radius 3 is 2.75 bits per heavy atom. The first kappa shape index (κ1) is 13.3. The third kappa shape index (κ3) is 4.40. The molecule has 16 heavy (non-hydrogen) atoms. The molecular formula is C14H20OS. The molecular weight excluding hydrogens is 216 g/mol. The van der Waals surface area contributed by atoms with Crippen molar-refractivity contribution < 1.29 is 4.79 Å². The molecule has 1 aromatic rings. The zero-order chi connectivity index (χ0) is 12.0. The summed E-state index contributed by atoms with van der Waals surface area (Å²) < 4.78 is 0. The lowest BCUT2D eigenvalue weighted by molar-refractivity contribution is 0.102. The van der Waals surface area contributed by atoms with Crippen molar-refractivity contribution in [1.82, 2.24) is 0 Å². The first-order valence-electron chi connectivity index (χ1n) is 5.87. The molecule has 0 saturated heterocycles. The summed E-state index contributed by atoms with van der Waals surface area (Å²) in [6.07, 6.45) is 2.18. The summed E-state index contributed by atoms with van der Waals surface area (Å²) in [6, 6.07) is 8.03. The summed E-state index contributed by atoms with van der Waals surface area (Å²) in [5.74, 6) is 0.837. The lowest BCUT2D eigenvalue weighted by Crippen LogP contribution is -2.05. The third-order valence-corrected chi connectivity index (χ3v) is 3.43. The van der Waals surface area contributed by atoms with E-state index in [9.17, 15) is 4.79 Å². The van der Waals surface area contributed by atoms with Gasteiger partial charge in [0.05, 0.1) is 5.75 Å². The second-order valence-electron chi connectivity index (χ2n) is 4.23. The van der Waals surface area contributed by atoms with E-state index in [0.29, 0.717) is 11.0 Å². The molecule has 0 saturated carbocycles. The fraction of sp³-hybridized carbons (Fsp3) is 0.500. The van der Waals surface area contributed by atoms with Crippen LogP contribution >= 0.6 is 11.8 Å². The van der Waals surface area contributed by atoms with E-state index < -0.39 is 0 Å². The molecule has 0 unspecified atom stereocenters. The Hall–Kier alpha value is -0.760. The van der Waals surface area contributed by atoms with Crippen LogP contribution in [-0.4, -0.2) is 16.8 Å². The maximum absolute atomic E-state index is 11.9. The molecule has 1 nitrogen and oxygen atoms in total. The summed E-state index contributed by atoms with van der Waals surface area (Å²) in [5.41, 5.74) is 2.13. The van der Waals surface area contributed by atoms with E-state index in [4.69, 9.17) is 0 Å². The van der Waals surface area contributed by atoms with Crippen LogP contribution in [0.1, 0.15) is 43.1 Å². The number of ketones is 1. The van der Waals surface area contributed by atoms with Crippen molar-refractivity contribution in [3.63, 3.8) is 0 Å². The number of carbonyl (C=O) groups is 1. The van der Waals surface area contributed by atoms with Crippen molar-refractivity contribution >= 4 is 17.5 Å². The van der Waals surface area contributed by atoms with Crippen LogP contribution in [0.15, 0.2) is 24.3 Å². The van der Waals surface area contributed by atoms with Gasteiger partial charge in [-0.05, 0) is 23.3 Å². The SMILES string of the molecule is CCCc1cccc(C(=O)CSC(C)C)c1. The number of hydrogen-bond acceptors (Lipinski definition) is 2. The predicted octanol–water partition coefficient (Wildman–Crippen LogP) is 3.96. The Morgan fingerprint density at radius 2 is 2.12 bits per heavy atom. The van der Waals surface area contributed by atoms with Gasteiger partial charge in [0.2, 0.25) is 0 Å². The van der Waals surface area contributed by atoms with Crippen molar-refractivity contribution in [2.45, 2.75) is 38.9 Å². The summed E-state index contributed by atoms with van der Waals surface area (Å²) in [5, 5.41) is 0.516. The van der Waals surface area contributed by atoms with Gasteiger partial charge < -0.3 is 0 Å². The van der Waals surface area contributed by atoms with Gasteiger partial charge in [-0.3, -0.25) is 4.79 Å². The van der Waals surface area contributed by atoms with E-state index in [-0.39, 0.29) is 5.78 Å². The molecule has 1 aromatic carbocycles. The van der Waals surface area contributed by atoms with Crippen LogP contribution < -0.4 is 0 Å². The number of carbonyl (C=O) groups excluding carboxylic acids is 1. The topological polar surface area (TPSA) is 17.1 Å². The van der Waals surface area contributed by atoms with Gasteiger partial charge in [0.1, 0.15) is 0 Å². The fourth-order valence-electron chi connectivity index (χ4n) is 1.51. The molecule has 0 fully saturated rings. The molecule has 0 radical (unpaired) electrons. The predicted molar refractivity (Wildman–Crippen MR) is 72.4 cm³/mol. The maximum atomic E-state index is 11.9. The van der Waals surface area contributed by atoms with Crippen LogP contribution in [-0.2, 0) is 6.42 Å². The van der Waals surface area contributed by atoms with Crippen molar-refractivity contribution in [2.24, 2.45) is 0 Å². The average molecular weight is 236 g/mol. The van der Waals surface area contributed by atoms with Gasteiger partial charge in [-0.15, -0.1) is 0 Å². The van der Waals surface area contributed by atoms with E-state index in [1.54, 1.807) is 11.8 Å². The number of rotatable bonds is 6.